The van der Waals surface area contributed by atoms with Crippen LogP contribution >= 0.6 is 0 Å². The Morgan fingerprint density at radius 1 is 0.755 bits per heavy atom. The van der Waals surface area contributed by atoms with Crippen LogP contribution in [0.3, 0.4) is 0 Å². The number of ketones is 1. The average Bonchev–Trinajstić information content (AvgIpc) is 3.43. The second-order valence-electron chi connectivity index (χ2n) is 20.6. The van der Waals surface area contributed by atoms with Crippen molar-refractivity contribution < 1.29 is 59.5 Å². The molecule has 2 saturated heterocycles. The maximum absolute atomic E-state index is 14.8. The number of hydrogen-bond donors (Lipinski definition) is 7. The summed E-state index contributed by atoms with van der Waals surface area (Å²) in [6.45, 7) is 17.0. The zero-order valence-electron chi connectivity index (χ0n) is 33.1. The first-order valence-corrected chi connectivity index (χ1v) is 20.4. The summed E-state index contributed by atoms with van der Waals surface area (Å²) in [6.07, 6.45) is -4.98. The summed E-state index contributed by atoms with van der Waals surface area (Å²) in [5.74, 6) is 1.62. The molecule has 0 aromatic carbocycles. The normalized spacial score (nSPS) is 55.5. The molecule has 0 spiro atoms. The quantitative estimate of drug-likeness (QED) is 0.197. The van der Waals surface area contributed by atoms with Crippen molar-refractivity contribution in [3.05, 3.63) is 0 Å². The molecule has 7 fully saturated rings. The van der Waals surface area contributed by atoms with Gasteiger partial charge in [-0.3, -0.25) is 4.79 Å². The predicted octanol–water partition coefficient (Wildman–Crippen LogP) is 2.69. The Kier molecular flexibility index (Phi) is 10.2. The smallest absolute Gasteiger partial charge is 0.186 e. The van der Waals surface area contributed by atoms with Crippen LogP contribution in [0.4, 0.5) is 0 Å². The Hall–Kier alpha value is -0.770. The van der Waals surface area contributed by atoms with E-state index in [4.69, 9.17) is 18.9 Å². The van der Waals surface area contributed by atoms with Crippen LogP contribution in [0.25, 0.3) is 0 Å². The summed E-state index contributed by atoms with van der Waals surface area (Å²) in [4.78, 5) is 14.8. The third-order valence-corrected chi connectivity index (χ3v) is 17.3. The molecular formula is C41H68O12. The van der Waals surface area contributed by atoms with E-state index < -0.39 is 79.0 Å². The maximum Gasteiger partial charge on any atom is 0.186 e. The van der Waals surface area contributed by atoms with Gasteiger partial charge < -0.3 is 54.7 Å². The molecule has 5 saturated carbocycles. The zero-order valence-corrected chi connectivity index (χ0v) is 33.1. The average molecular weight is 753 g/mol. The second-order valence-corrected chi connectivity index (χ2v) is 20.6. The topological polar surface area (TPSA) is 196 Å². The van der Waals surface area contributed by atoms with Gasteiger partial charge in [0.2, 0.25) is 0 Å². The highest BCUT2D eigenvalue weighted by atomic mass is 16.7. The van der Waals surface area contributed by atoms with Crippen LogP contribution in [-0.2, 0) is 23.7 Å². The van der Waals surface area contributed by atoms with Crippen molar-refractivity contribution in [2.45, 2.75) is 180 Å². The number of rotatable bonds is 6. The Morgan fingerprint density at radius 3 is 2.02 bits per heavy atom. The van der Waals surface area contributed by atoms with Gasteiger partial charge in [0.15, 0.2) is 12.6 Å². The van der Waals surface area contributed by atoms with Crippen LogP contribution in [0, 0.1) is 56.7 Å². The summed E-state index contributed by atoms with van der Waals surface area (Å²) in [7, 11) is 0. The molecule has 7 aliphatic rings. The van der Waals surface area contributed by atoms with Gasteiger partial charge in [0.1, 0.15) is 48.5 Å². The molecule has 0 amide bonds. The van der Waals surface area contributed by atoms with Gasteiger partial charge in [-0.2, -0.15) is 0 Å². The van der Waals surface area contributed by atoms with E-state index in [1.165, 1.54) is 0 Å². The number of carbonyl (C=O) groups is 1. The highest BCUT2D eigenvalue weighted by Crippen LogP contribution is 2.77. The van der Waals surface area contributed by atoms with Crippen LogP contribution in [0.5, 0.6) is 0 Å². The highest BCUT2D eigenvalue weighted by molar-refractivity contribution is 5.85. The van der Waals surface area contributed by atoms with Gasteiger partial charge in [-0.15, -0.1) is 0 Å². The zero-order chi connectivity index (χ0) is 38.8. The summed E-state index contributed by atoms with van der Waals surface area (Å²) in [5, 5.41) is 74.2. The lowest BCUT2D eigenvalue weighted by molar-refractivity contribution is -0.360. The molecule has 7 rings (SSSR count). The number of aliphatic hydroxyl groups is 7. The van der Waals surface area contributed by atoms with E-state index in [1.54, 1.807) is 0 Å². The van der Waals surface area contributed by atoms with Crippen LogP contribution < -0.4 is 0 Å². The van der Waals surface area contributed by atoms with E-state index >= 15 is 0 Å². The SMILES string of the molecule is CC(C)(O)C1CCC2(C)C1CCC1(C)C2CCC2C3(C)CCC(OC4OC(CO)C(OC5OCC(O)C(O)C5O)C(O)C4O)C(C)(C)C3C(=O)CC21C. The Labute approximate surface area is 314 Å². The number of aliphatic hydroxyl groups excluding tert-OH is 6. The van der Waals surface area contributed by atoms with E-state index in [-0.39, 0.29) is 40.0 Å². The summed E-state index contributed by atoms with van der Waals surface area (Å²) >= 11 is 0. The monoisotopic (exact) mass is 752 g/mol. The van der Waals surface area contributed by atoms with Gasteiger partial charge in [-0.25, -0.2) is 0 Å². The number of ether oxygens (including phenoxy) is 4. The molecule has 12 nitrogen and oxygen atoms in total. The van der Waals surface area contributed by atoms with E-state index in [9.17, 15) is 40.5 Å². The van der Waals surface area contributed by atoms with Crippen molar-refractivity contribution in [1.82, 2.24) is 0 Å². The molecule has 2 heterocycles. The number of fused-ring (bicyclic) bond motifs is 7. The van der Waals surface area contributed by atoms with Crippen molar-refractivity contribution >= 4 is 5.78 Å². The lowest BCUT2D eigenvalue weighted by Gasteiger charge is -2.72. The van der Waals surface area contributed by atoms with Crippen molar-refractivity contribution in [1.29, 1.82) is 0 Å². The number of hydrogen-bond acceptors (Lipinski definition) is 12. The van der Waals surface area contributed by atoms with Crippen molar-refractivity contribution in [3.8, 4) is 0 Å². The van der Waals surface area contributed by atoms with Crippen molar-refractivity contribution in [2.24, 2.45) is 56.7 Å². The summed E-state index contributed by atoms with van der Waals surface area (Å²) < 4.78 is 23.6. The standard InChI is InChI=1S/C41H68O12/c1-36(2)27(52-35-31(48)29(46)32(24(18-42)51-35)53-34-30(47)28(45)23(44)19-50-34)13-15-39(6)26-10-9-25-38(5)14-11-20(37(3,4)49)21(38)12-16-40(25,7)41(26,8)17-22(43)33(36)39/h20-21,23-35,42,44-49H,9-19H2,1-8H3. The van der Waals surface area contributed by atoms with Crippen LogP contribution in [0.1, 0.15) is 113 Å². The Bertz CT molecular complexity index is 1380. The van der Waals surface area contributed by atoms with E-state index in [2.05, 4.69) is 41.5 Å². The first-order chi connectivity index (χ1) is 24.6. The number of carbonyl (C=O) groups excluding carboxylic acids is 1. The number of Topliss-reactive ketones (excluding diaryl/α,β-unsaturated/α-hetero) is 1. The Morgan fingerprint density at radius 2 is 1.38 bits per heavy atom. The fourth-order valence-electron chi connectivity index (χ4n) is 14.7. The maximum atomic E-state index is 14.8. The van der Waals surface area contributed by atoms with E-state index in [1.807, 2.05) is 13.8 Å². The van der Waals surface area contributed by atoms with Crippen molar-refractivity contribution in [3.63, 3.8) is 0 Å². The summed E-state index contributed by atoms with van der Waals surface area (Å²) in [6, 6.07) is 0. The first kappa shape index (κ1) is 40.4. The lowest BCUT2D eigenvalue weighted by atomic mass is 9.31. The van der Waals surface area contributed by atoms with Gasteiger partial charge in [0, 0.05) is 17.8 Å². The molecule has 0 aromatic rings. The predicted molar refractivity (Wildman–Crippen MR) is 192 cm³/mol. The van der Waals surface area contributed by atoms with Gasteiger partial charge in [-0.05, 0) is 111 Å². The second kappa shape index (κ2) is 13.4. The minimum absolute atomic E-state index is 0.00148. The van der Waals surface area contributed by atoms with Gasteiger partial charge in [0.25, 0.3) is 0 Å². The largest absolute Gasteiger partial charge is 0.394 e. The van der Waals surface area contributed by atoms with Gasteiger partial charge in [0.05, 0.1) is 24.9 Å². The van der Waals surface area contributed by atoms with Crippen LogP contribution in [-0.4, -0.2) is 122 Å². The third kappa shape index (κ3) is 5.89. The van der Waals surface area contributed by atoms with E-state index in [0.29, 0.717) is 36.5 Å². The highest BCUT2D eigenvalue weighted by Gasteiger charge is 2.73. The van der Waals surface area contributed by atoms with Gasteiger partial charge >= 0.3 is 0 Å². The minimum atomic E-state index is -1.63. The molecule has 53 heavy (non-hydrogen) atoms. The lowest BCUT2D eigenvalue weighted by Crippen LogP contribution is -2.69. The van der Waals surface area contributed by atoms with E-state index in [0.717, 1.165) is 44.9 Å². The molecule has 304 valence electrons. The third-order valence-electron chi connectivity index (χ3n) is 17.3. The fourth-order valence-corrected chi connectivity index (χ4v) is 14.7. The molecule has 19 atom stereocenters. The first-order valence-electron chi connectivity index (χ1n) is 20.4. The molecule has 2 aliphatic heterocycles. The fraction of sp³-hybridized carbons (Fsp3) is 0.976. The molecular weight excluding hydrogens is 684 g/mol. The minimum Gasteiger partial charge on any atom is -0.394 e. The van der Waals surface area contributed by atoms with Crippen LogP contribution in [0.15, 0.2) is 0 Å². The van der Waals surface area contributed by atoms with Gasteiger partial charge in [-0.1, -0.05) is 41.5 Å². The van der Waals surface area contributed by atoms with Crippen LogP contribution in [0.2, 0.25) is 0 Å². The van der Waals surface area contributed by atoms with Crippen molar-refractivity contribution in [2.75, 3.05) is 13.2 Å². The molecule has 7 N–H and O–H groups in total. The molecule has 19 unspecified atom stereocenters. The molecule has 0 aromatic heterocycles. The molecule has 0 radical (unpaired) electrons. The molecule has 5 aliphatic carbocycles. The molecule has 12 heteroatoms. The Balaban J connectivity index is 1.08. The molecule has 0 bridgehead atoms. The summed E-state index contributed by atoms with van der Waals surface area (Å²) in [5.41, 5.74) is -1.61.